The number of hydrogen-bond acceptors (Lipinski definition) is 3. The number of hydrogen-bond donors (Lipinski definition) is 0. The maximum Gasteiger partial charge on any atom is 0.0839 e. The second-order valence-corrected chi connectivity index (χ2v) is 5.42. The molecule has 2 rings (SSSR count). The second kappa shape index (κ2) is 4.07. The quantitative estimate of drug-likeness (QED) is 0.710. The summed E-state index contributed by atoms with van der Waals surface area (Å²) in [6.07, 6.45) is 2.07. The molecule has 0 aromatic heterocycles. The standard InChI is InChI=1S/C9H8BrNS2/c1-12-9-5-13-8-3-2-6(10)4-7(8)11-9/h2-4H,5H2,1H3. The summed E-state index contributed by atoms with van der Waals surface area (Å²) in [5.74, 6) is 1.01. The Balaban J connectivity index is 2.44. The van der Waals surface area contributed by atoms with Gasteiger partial charge in [-0.1, -0.05) is 15.9 Å². The SMILES string of the molecule is CSC1=Nc2cc(Br)ccc2SC1. The molecule has 1 aromatic carbocycles. The Morgan fingerprint density at radius 3 is 3.15 bits per heavy atom. The van der Waals surface area contributed by atoms with E-state index in [1.54, 1.807) is 11.8 Å². The highest BCUT2D eigenvalue weighted by atomic mass is 79.9. The molecular weight excluding hydrogens is 266 g/mol. The normalized spacial score (nSPS) is 15.1. The monoisotopic (exact) mass is 273 g/mol. The van der Waals surface area contributed by atoms with Crippen molar-refractivity contribution in [2.75, 3.05) is 12.0 Å². The molecule has 1 nitrogen and oxygen atoms in total. The maximum atomic E-state index is 4.55. The summed E-state index contributed by atoms with van der Waals surface area (Å²) in [6, 6.07) is 6.24. The van der Waals surface area contributed by atoms with E-state index in [0.717, 1.165) is 15.9 Å². The molecule has 0 bridgehead atoms. The highest BCUT2D eigenvalue weighted by molar-refractivity contribution is 9.10. The smallest absolute Gasteiger partial charge is 0.0839 e. The largest absolute Gasteiger partial charge is 0.244 e. The van der Waals surface area contributed by atoms with Gasteiger partial charge in [0.05, 0.1) is 10.7 Å². The number of fused-ring (bicyclic) bond motifs is 1. The van der Waals surface area contributed by atoms with E-state index < -0.39 is 0 Å². The van der Waals surface area contributed by atoms with E-state index in [9.17, 15) is 0 Å². The van der Waals surface area contributed by atoms with Crippen molar-refractivity contribution in [3.05, 3.63) is 22.7 Å². The molecular formula is C9H8BrNS2. The van der Waals surface area contributed by atoms with Crippen molar-refractivity contribution in [2.45, 2.75) is 4.90 Å². The number of rotatable bonds is 0. The molecule has 0 atom stereocenters. The Kier molecular flexibility index (Phi) is 3.01. The van der Waals surface area contributed by atoms with Crippen molar-refractivity contribution in [1.29, 1.82) is 0 Å². The first-order valence-corrected chi connectivity index (χ1v) is 6.84. The first-order chi connectivity index (χ1) is 6.29. The summed E-state index contributed by atoms with van der Waals surface area (Å²) in [4.78, 5) is 5.83. The summed E-state index contributed by atoms with van der Waals surface area (Å²) in [6.45, 7) is 0. The van der Waals surface area contributed by atoms with E-state index in [2.05, 4.69) is 45.4 Å². The van der Waals surface area contributed by atoms with Crippen molar-refractivity contribution in [3.63, 3.8) is 0 Å². The molecule has 0 radical (unpaired) electrons. The zero-order valence-corrected chi connectivity index (χ0v) is 10.3. The van der Waals surface area contributed by atoms with Crippen LogP contribution in [0.5, 0.6) is 0 Å². The van der Waals surface area contributed by atoms with Crippen molar-refractivity contribution in [3.8, 4) is 0 Å². The lowest BCUT2D eigenvalue weighted by Crippen LogP contribution is -1.99. The van der Waals surface area contributed by atoms with Gasteiger partial charge in [-0.2, -0.15) is 0 Å². The fraction of sp³-hybridized carbons (Fsp3) is 0.222. The lowest BCUT2D eigenvalue weighted by molar-refractivity contribution is 1.35. The van der Waals surface area contributed by atoms with E-state index in [0.29, 0.717) is 0 Å². The van der Waals surface area contributed by atoms with Crippen molar-refractivity contribution in [2.24, 2.45) is 4.99 Å². The predicted octanol–water partition coefficient (Wildman–Crippen LogP) is 3.95. The van der Waals surface area contributed by atoms with Crippen LogP contribution in [0.2, 0.25) is 0 Å². The minimum absolute atomic E-state index is 1.01. The third-order valence-corrected chi connectivity index (χ3v) is 4.21. The van der Waals surface area contributed by atoms with Crippen LogP contribution in [0.15, 0.2) is 32.6 Å². The molecule has 0 saturated heterocycles. The van der Waals surface area contributed by atoms with Crippen molar-refractivity contribution in [1.82, 2.24) is 0 Å². The highest BCUT2D eigenvalue weighted by Crippen LogP contribution is 2.37. The van der Waals surface area contributed by atoms with Gasteiger partial charge in [-0.15, -0.1) is 23.5 Å². The van der Waals surface area contributed by atoms with Gasteiger partial charge in [0.25, 0.3) is 0 Å². The molecule has 1 aliphatic heterocycles. The predicted molar refractivity (Wildman–Crippen MR) is 65.5 cm³/mol. The van der Waals surface area contributed by atoms with Gasteiger partial charge in [0.1, 0.15) is 0 Å². The minimum atomic E-state index is 1.01. The van der Waals surface area contributed by atoms with E-state index in [-0.39, 0.29) is 0 Å². The van der Waals surface area contributed by atoms with Gasteiger partial charge >= 0.3 is 0 Å². The first kappa shape index (κ1) is 9.62. The Hall–Kier alpha value is 0.0700. The Morgan fingerprint density at radius 1 is 1.54 bits per heavy atom. The lowest BCUT2D eigenvalue weighted by Gasteiger charge is -2.13. The van der Waals surface area contributed by atoms with Crippen LogP contribution in [0.25, 0.3) is 0 Å². The van der Waals surface area contributed by atoms with E-state index in [4.69, 9.17) is 0 Å². The van der Waals surface area contributed by atoms with E-state index >= 15 is 0 Å². The fourth-order valence-electron chi connectivity index (χ4n) is 1.11. The minimum Gasteiger partial charge on any atom is -0.244 e. The van der Waals surface area contributed by atoms with Gasteiger partial charge in [0.15, 0.2) is 0 Å². The van der Waals surface area contributed by atoms with Crippen LogP contribution in [0, 0.1) is 0 Å². The Bertz CT molecular complexity index is 363. The van der Waals surface area contributed by atoms with Crippen LogP contribution >= 0.6 is 39.5 Å². The molecule has 4 heteroatoms. The molecule has 0 unspecified atom stereocenters. The number of aliphatic imine (C=N–C) groups is 1. The van der Waals surface area contributed by atoms with Crippen LogP contribution in [0.1, 0.15) is 0 Å². The van der Waals surface area contributed by atoms with Gasteiger partial charge < -0.3 is 0 Å². The van der Waals surface area contributed by atoms with Crippen LogP contribution in [0.3, 0.4) is 0 Å². The molecule has 0 aliphatic carbocycles. The Morgan fingerprint density at radius 2 is 2.38 bits per heavy atom. The highest BCUT2D eigenvalue weighted by Gasteiger charge is 2.11. The second-order valence-electron chi connectivity index (χ2n) is 2.61. The van der Waals surface area contributed by atoms with Gasteiger partial charge in [-0.05, 0) is 24.5 Å². The maximum absolute atomic E-state index is 4.55. The van der Waals surface area contributed by atoms with E-state index in [1.807, 2.05) is 11.8 Å². The molecule has 0 saturated carbocycles. The molecule has 0 spiro atoms. The zero-order chi connectivity index (χ0) is 9.26. The molecule has 1 aliphatic rings. The van der Waals surface area contributed by atoms with Gasteiger partial charge in [-0.25, -0.2) is 4.99 Å². The van der Waals surface area contributed by atoms with Gasteiger partial charge in [-0.3, -0.25) is 0 Å². The lowest BCUT2D eigenvalue weighted by atomic mass is 10.3. The van der Waals surface area contributed by atoms with Crippen LogP contribution in [-0.2, 0) is 0 Å². The zero-order valence-electron chi connectivity index (χ0n) is 7.08. The third kappa shape index (κ3) is 2.11. The molecule has 13 heavy (non-hydrogen) atoms. The number of nitrogens with zero attached hydrogens (tertiary/aromatic N) is 1. The van der Waals surface area contributed by atoms with Crippen molar-refractivity contribution < 1.29 is 0 Å². The topological polar surface area (TPSA) is 12.4 Å². The van der Waals surface area contributed by atoms with Gasteiger partial charge in [0, 0.05) is 15.1 Å². The molecule has 0 N–H and O–H groups in total. The molecule has 0 amide bonds. The first-order valence-electron chi connectivity index (χ1n) is 3.83. The number of thioether (sulfide) groups is 2. The summed E-state index contributed by atoms with van der Waals surface area (Å²) in [5.41, 5.74) is 1.09. The average molecular weight is 274 g/mol. The molecule has 1 aromatic rings. The van der Waals surface area contributed by atoms with Gasteiger partial charge in [0.2, 0.25) is 0 Å². The summed E-state index contributed by atoms with van der Waals surface area (Å²) < 4.78 is 1.10. The summed E-state index contributed by atoms with van der Waals surface area (Å²) in [5, 5.41) is 1.20. The van der Waals surface area contributed by atoms with Crippen LogP contribution in [0.4, 0.5) is 5.69 Å². The molecule has 68 valence electrons. The third-order valence-electron chi connectivity index (χ3n) is 1.75. The van der Waals surface area contributed by atoms with Crippen LogP contribution in [-0.4, -0.2) is 17.1 Å². The molecule has 1 heterocycles. The summed E-state index contributed by atoms with van der Waals surface area (Å²) >= 11 is 7.03. The van der Waals surface area contributed by atoms with Crippen LogP contribution < -0.4 is 0 Å². The average Bonchev–Trinajstić information content (AvgIpc) is 2.16. The van der Waals surface area contributed by atoms with Crippen molar-refractivity contribution >= 4 is 50.2 Å². The number of halogens is 1. The fourth-order valence-corrected chi connectivity index (χ4v) is 3.06. The molecule has 0 fully saturated rings. The number of benzene rings is 1. The van der Waals surface area contributed by atoms with E-state index in [1.165, 1.54) is 9.94 Å². The Labute approximate surface area is 94.5 Å². The summed E-state index contributed by atoms with van der Waals surface area (Å²) in [7, 11) is 0.